The lowest BCUT2D eigenvalue weighted by Gasteiger charge is -2.10. The van der Waals surface area contributed by atoms with Crippen molar-refractivity contribution in [2.45, 2.75) is 13.2 Å². The summed E-state index contributed by atoms with van der Waals surface area (Å²) in [7, 11) is 3.19. The van der Waals surface area contributed by atoms with Crippen molar-refractivity contribution < 1.29 is 23.4 Å². The minimum Gasteiger partial charge on any atom is -0.497 e. The van der Waals surface area contributed by atoms with E-state index in [2.05, 4.69) is 20.8 Å². The number of hydrogen-bond acceptors (Lipinski definition) is 5. The normalized spacial score (nSPS) is 10.6. The summed E-state index contributed by atoms with van der Waals surface area (Å²) in [6, 6.07) is 16.5. The van der Waals surface area contributed by atoms with Crippen molar-refractivity contribution in [3.63, 3.8) is 0 Å². The van der Waals surface area contributed by atoms with Crippen LogP contribution in [0.2, 0.25) is 0 Å². The molecule has 4 rings (SSSR count). The van der Waals surface area contributed by atoms with E-state index in [0.29, 0.717) is 35.1 Å². The maximum Gasteiger partial charge on any atom is 0.320 e. The molecule has 0 fully saturated rings. The Hall–Kier alpha value is -4.27. The van der Waals surface area contributed by atoms with Gasteiger partial charge in [-0.25, -0.2) is 9.18 Å². The summed E-state index contributed by atoms with van der Waals surface area (Å²) in [6.45, 7) is 0.560. The van der Waals surface area contributed by atoms with E-state index in [-0.39, 0.29) is 12.4 Å². The maximum absolute atomic E-state index is 13.0. The first-order chi connectivity index (χ1) is 16.0. The molecule has 1 heterocycles. The van der Waals surface area contributed by atoms with E-state index < -0.39 is 6.03 Å². The highest BCUT2D eigenvalue weighted by Gasteiger charge is 2.11. The van der Waals surface area contributed by atoms with E-state index in [9.17, 15) is 9.18 Å². The number of rotatable bonds is 8. The van der Waals surface area contributed by atoms with Crippen LogP contribution >= 0.6 is 0 Å². The van der Waals surface area contributed by atoms with Gasteiger partial charge in [0.2, 0.25) is 0 Å². The number of nitrogens with one attached hydrogen (secondary N) is 3. The van der Waals surface area contributed by atoms with Gasteiger partial charge in [0.05, 0.1) is 19.7 Å². The number of urea groups is 1. The second-order valence-corrected chi connectivity index (χ2v) is 7.22. The lowest BCUT2D eigenvalue weighted by Crippen LogP contribution is -2.28. The number of halogens is 1. The van der Waals surface area contributed by atoms with Crippen LogP contribution in [0, 0.1) is 5.82 Å². The Morgan fingerprint density at radius 3 is 2.36 bits per heavy atom. The van der Waals surface area contributed by atoms with Crippen molar-refractivity contribution in [3.8, 4) is 17.2 Å². The van der Waals surface area contributed by atoms with Gasteiger partial charge in [-0.15, -0.1) is 0 Å². The molecule has 3 N–H and O–H groups in total. The first-order valence-corrected chi connectivity index (χ1v) is 10.2. The van der Waals surface area contributed by atoms with E-state index >= 15 is 0 Å². The summed E-state index contributed by atoms with van der Waals surface area (Å²) in [5.74, 6) is 2.01. The molecule has 170 valence electrons. The standard InChI is InChI=1S/C24H23FN4O4/c1-31-19-9-16(10-20(11-19)32-2)14-33-18-7-8-22-21(12-18)23(29-28-22)27-24(30)26-13-15-3-5-17(25)6-4-15/h3-12H,13-14H2,1-2H3,(H3,26,27,28,29,30). The lowest BCUT2D eigenvalue weighted by atomic mass is 10.2. The summed E-state index contributed by atoms with van der Waals surface area (Å²) >= 11 is 0. The van der Waals surface area contributed by atoms with Crippen molar-refractivity contribution >= 4 is 22.8 Å². The maximum atomic E-state index is 13.0. The molecule has 4 aromatic rings. The van der Waals surface area contributed by atoms with Gasteiger partial charge in [-0.1, -0.05) is 12.1 Å². The van der Waals surface area contributed by atoms with Crippen LogP contribution in [0.5, 0.6) is 17.2 Å². The third-order valence-electron chi connectivity index (χ3n) is 4.95. The SMILES string of the molecule is COc1cc(COc2ccc3[nH]nc(NC(=O)NCc4ccc(F)cc4)c3c2)cc(OC)c1. The van der Waals surface area contributed by atoms with Crippen LogP contribution in [0.4, 0.5) is 15.0 Å². The Morgan fingerprint density at radius 1 is 0.939 bits per heavy atom. The summed E-state index contributed by atoms with van der Waals surface area (Å²) in [5.41, 5.74) is 2.42. The second kappa shape index (κ2) is 9.90. The quantitative estimate of drug-likeness (QED) is 0.364. The van der Waals surface area contributed by atoms with Gasteiger partial charge in [-0.2, -0.15) is 5.10 Å². The number of benzene rings is 3. The molecule has 0 saturated heterocycles. The smallest absolute Gasteiger partial charge is 0.320 e. The van der Waals surface area contributed by atoms with Crippen LogP contribution in [0.1, 0.15) is 11.1 Å². The molecule has 0 aliphatic carbocycles. The fourth-order valence-electron chi connectivity index (χ4n) is 3.23. The summed E-state index contributed by atoms with van der Waals surface area (Å²) in [4.78, 5) is 12.3. The Labute approximate surface area is 189 Å². The van der Waals surface area contributed by atoms with E-state index in [1.807, 2.05) is 24.3 Å². The van der Waals surface area contributed by atoms with Gasteiger partial charge < -0.3 is 19.5 Å². The molecule has 0 aliphatic heterocycles. The average Bonchev–Trinajstić information content (AvgIpc) is 3.23. The van der Waals surface area contributed by atoms with Crippen LogP contribution in [0.25, 0.3) is 10.9 Å². The van der Waals surface area contributed by atoms with Crippen molar-refractivity contribution in [3.05, 3.63) is 77.6 Å². The highest BCUT2D eigenvalue weighted by Crippen LogP contribution is 2.27. The predicted octanol–water partition coefficient (Wildman–Crippen LogP) is 4.62. The zero-order chi connectivity index (χ0) is 23.2. The number of nitrogens with zero attached hydrogens (tertiary/aromatic N) is 1. The molecule has 9 heteroatoms. The number of amides is 2. The molecule has 2 amide bonds. The number of fused-ring (bicyclic) bond motifs is 1. The number of carbonyl (C=O) groups is 1. The molecule has 33 heavy (non-hydrogen) atoms. The zero-order valence-corrected chi connectivity index (χ0v) is 18.1. The Bertz CT molecular complexity index is 1240. The fourth-order valence-corrected chi connectivity index (χ4v) is 3.23. The number of carbonyl (C=O) groups excluding carboxylic acids is 1. The van der Waals surface area contributed by atoms with Gasteiger partial charge in [0.25, 0.3) is 0 Å². The van der Waals surface area contributed by atoms with Crippen molar-refractivity contribution in [2.75, 3.05) is 19.5 Å². The average molecular weight is 450 g/mol. The van der Waals surface area contributed by atoms with Gasteiger partial charge in [0.15, 0.2) is 5.82 Å². The highest BCUT2D eigenvalue weighted by atomic mass is 19.1. The highest BCUT2D eigenvalue weighted by molar-refractivity contribution is 5.99. The summed E-state index contributed by atoms with van der Waals surface area (Å²) in [6.07, 6.45) is 0. The fraction of sp³-hybridized carbons (Fsp3) is 0.167. The third kappa shape index (κ3) is 5.51. The van der Waals surface area contributed by atoms with E-state index in [4.69, 9.17) is 14.2 Å². The van der Waals surface area contributed by atoms with Gasteiger partial charge in [-0.3, -0.25) is 10.4 Å². The Balaban J connectivity index is 1.41. The topological polar surface area (TPSA) is 97.5 Å². The number of methoxy groups -OCH3 is 2. The molecule has 0 bridgehead atoms. The van der Waals surface area contributed by atoms with Gasteiger partial charge >= 0.3 is 6.03 Å². The molecule has 8 nitrogen and oxygen atoms in total. The van der Waals surface area contributed by atoms with Gasteiger partial charge in [0, 0.05) is 18.0 Å². The molecule has 0 spiro atoms. The van der Waals surface area contributed by atoms with Crippen LogP contribution in [0.15, 0.2) is 60.7 Å². The molecular weight excluding hydrogens is 427 g/mol. The minimum absolute atomic E-state index is 0.257. The third-order valence-corrected chi connectivity index (χ3v) is 4.95. The van der Waals surface area contributed by atoms with Crippen LogP contribution in [-0.4, -0.2) is 30.4 Å². The number of hydrogen-bond donors (Lipinski definition) is 3. The van der Waals surface area contributed by atoms with Crippen molar-refractivity contribution in [1.29, 1.82) is 0 Å². The van der Waals surface area contributed by atoms with Gasteiger partial charge in [0.1, 0.15) is 29.7 Å². The molecule has 3 aromatic carbocycles. The molecule has 0 aliphatic rings. The van der Waals surface area contributed by atoms with Crippen LogP contribution in [-0.2, 0) is 13.2 Å². The number of ether oxygens (including phenoxy) is 3. The first-order valence-electron chi connectivity index (χ1n) is 10.2. The summed E-state index contributed by atoms with van der Waals surface area (Å²) < 4.78 is 29.5. The van der Waals surface area contributed by atoms with Crippen molar-refractivity contribution in [1.82, 2.24) is 15.5 Å². The van der Waals surface area contributed by atoms with E-state index in [1.54, 1.807) is 38.5 Å². The Kier molecular flexibility index (Phi) is 6.58. The Morgan fingerprint density at radius 2 is 1.67 bits per heavy atom. The van der Waals surface area contributed by atoms with E-state index in [1.165, 1.54) is 12.1 Å². The second-order valence-electron chi connectivity index (χ2n) is 7.22. The van der Waals surface area contributed by atoms with Crippen LogP contribution in [0.3, 0.4) is 0 Å². The number of anilines is 1. The molecule has 0 atom stereocenters. The van der Waals surface area contributed by atoms with Crippen LogP contribution < -0.4 is 24.8 Å². The van der Waals surface area contributed by atoms with Gasteiger partial charge in [-0.05, 0) is 53.6 Å². The monoisotopic (exact) mass is 450 g/mol. The van der Waals surface area contributed by atoms with Crippen molar-refractivity contribution in [2.24, 2.45) is 0 Å². The number of H-pyrrole nitrogens is 1. The molecule has 1 aromatic heterocycles. The summed E-state index contributed by atoms with van der Waals surface area (Å²) in [5, 5.41) is 13.2. The predicted molar refractivity (Wildman–Crippen MR) is 122 cm³/mol. The largest absolute Gasteiger partial charge is 0.497 e. The first kappa shape index (κ1) is 21.9. The lowest BCUT2D eigenvalue weighted by molar-refractivity contribution is 0.251. The number of aromatic amines is 1. The molecule has 0 radical (unpaired) electrons. The molecule has 0 saturated carbocycles. The van der Waals surface area contributed by atoms with E-state index in [0.717, 1.165) is 16.6 Å². The molecule has 0 unspecified atom stereocenters. The zero-order valence-electron chi connectivity index (χ0n) is 18.1. The minimum atomic E-state index is -0.428. The number of aromatic nitrogens is 2. The molecular formula is C24H23FN4O4.